The third-order valence-electron chi connectivity index (χ3n) is 5.39. The van der Waals surface area contributed by atoms with E-state index < -0.39 is 29.0 Å². The average molecular weight is 402 g/mol. The fourth-order valence-corrected chi connectivity index (χ4v) is 3.73. The highest BCUT2D eigenvalue weighted by molar-refractivity contribution is 6.07. The molecule has 0 aromatic heterocycles. The standard InChI is InChI=1S/C21H23FN2O5/c1-29-20(28)21(23,14-5-3-2-4-6-14)19(27)24-9-7-13(8-10-24)15-11-16(22)18(26)12-17(15)25/h2-6,11-13,25-26H,7-10,23H2,1H3. The molecule has 7 nitrogen and oxygen atoms in total. The number of rotatable bonds is 4. The lowest BCUT2D eigenvalue weighted by Crippen LogP contribution is -2.59. The molecule has 1 amide bonds. The smallest absolute Gasteiger partial charge is 0.340 e. The highest BCUT2D eigenvalue weighted by Crippen LogP contribution is 2.37. The van der Waals surface area contributed by atoms with Crippen LogP contribution >= 0.6 is 0 Å². The lowest BCUT2D eigenvalue weighted by atomic mass is 9.85. The number of likely N-dealkylation sites (tertiary alicyclic amines) is 1. The predicted molar refractivity (Wildman–Crippen MR) is 103 cm³/mol. The molecule has 1 aliphatic heterocycles. The number of carbonyl (C=O) groups excluding carboxylic acids is 2. The van der Waals surface area contributed by atoms with E-state index in [1.807, 2.05) is 0 Å². The molecule has 1 aliphatic rings. The minimum absolute atomic E-state index is 0.194. The van der Waals surface area contributed by atoms with Gasteiger partial charge in [-0.3, -0.25) is 4.79 Å². The maximum Gasteiger partial charge on any atom is 0.340 e. The van der Waals surface area contributed by atoms with Crippen LogP contribution in [0.2, 0.25) is 0 Å². The Balaban J connectivity index is 1.80. The van der Waals surface area contributed by atoms with E-state index in [1.54, 1.807) is 30.3 Å². The number of aromatic hydroxyl groups is 2. The van der Waals surface area contributed by atoms with E-state index in [-0.39, 0.29) is 24.8 Å². The van der Waals surface area contributed by atoms with Crippen molar-refractivity contribution >= 4 is 11.9 Å². The van der Waals surface area contributed by atoms with Crippen molar-refractivity contribution in [3.63, 3.8) is 0 Å². The van der Waals surface area contributed by atoms with Gasteiger partial charge in [0.05, 0.1) is 7.11 Å². The molecule has 4 N–H and O–H groups in total. The molecule has 8 heteroatoms. The number of phenols is 2. The van der Waals surface area contributed by atoms with Gasteiger partial charge < -0.3 is 25.6 Å². The first-order chi connectivity index (χ1) is 13.8. The van der Waals surface area contributed by atoms with Crippen molar-refractivity contribution < 1.29 is 28.9 Å². The number of benzene rings is 2. The van der Waals surface area contributed by atoms with Gasteiger partial charge in [-0.25, -0.2) is 9.18 Å². The minimum Gasteiger partial charge on any atom is -0.508 e. The lowest BCUT2D eigenvalue weighted by Gasteiger charge is -2.37. The number of phenolic OH excluding ortho intramolecular Hbond substituents is 2. The number of piperidine rings is 1. The number of nitrogens with zero attached hydrogens (tertiary/aromatic N) is 1. The van der Waals surface area contributed by atoms with Gasteiger partial charge in [0, 0.05) is 24.7 Å². The van der Waals surface area contributed by atoms with Gasteiger partial charge in [0.2, 0.25) is 5.54 Å². The summed E-state index contributed by atoms with van der Waals surface area (Å²) in [5.74, 6) is -3.25. The number of nitrogens with two attached hydrogens (primary N) is 1. The first-order valence-electron chi connectivity index (χ1n) is 9.22. The van der Waals surface area contributed by atoms with Crippen LogP contribution in [-0.2, 0) is 19.9 Å². The largest absolute Gasteiger partial charge is 0.508 e. The molecular formula is C21H23FN2O5. The molecule has 154 valence electrons. The van der Waals surface area contributed by atoms with Crippen molar-refractivity contribution in [3.05, 3.63) is 59.4 Å². The number of esters is 1. The normalized spacial score (nSPS) is 16.9. The van der Waals surface area contributed by atoms with Gasteiger partial charge in [-0.05, 0) is 30.4 Å². The first kappa shape index (κ1) is 20.6. The van der Waals surface area contributed by atoms with Gasteiger partial charge in [0.15, 0.2) is 11.6 Å². The topological polar surface area (TPSA) is 113 Å². The van der Waals surface area contributed by atoms with Crippen LogP contribution in [0.25, 0.3) is 0 Å². The van der Waals surface area contributed by atoms with E-state index in [2.05, 4.69) is 0 Å². The number of halogens is 1. The van der Waals surface area contributed by atoms with Crippen LogP contribution in [0.5, 0.6) is 11.5 Å². The van der Waals surface area contributed by atoms with Crippen LogP contribution in [0.1, 0.15) is 29.9 Å². The van der Waals surface area contributed by atoms with Crippen LogP contribution in [0.15, 0.2) is 42.5 Å². The zero-order chi connectivity index (χ0) is 21.2. The Labute approximate surface area is 167 Å². The molecule has 1 saturated heterocycles. The summed E-state index contributed by atoms with van der Waals surface area (Å²) in [5, 5.41) is 19.4. The zero-order valence-corrected chi connectivity index (χ0v) is 16.0. The van der Waals surface area contributed by atoms with Gasteiger partial charge in [-0.1, -0.05) is 30.3 Å². The van der Waals surface area contributed by atoms with Crippen LogP contribution in [-0.4, -0.2) is 47.2 Å². The fraction of sp³-hybridized carbons (Fsp3) is 0.333. The minimum atomic E-state index is -1.96. The molecule has 0 radical (unpaired) electrons. The quantitative estimate of drug-likeness (QED) is 0.532. The molecule has 1 heterocycles. The number of methoxy groups -OCH3 is 1. The van der Waals surface area contributed by atoms with Crippen molar-refractivity contribution in [1.82, 2.24) is 4.90 Å². The average Bonchev–Trinajstić information content (AvgIpc) is 2.75. The molecule has 0 bridgehead atoms. The summed E-state index contributed by atoms with van der Waals surface area (Å²) in [6.07, 6.45) is 0.880. The van der Waals surface area contributed by atoms with Crippen molar-refractivity contribution in [3.8, 4) is 11.5 Å². The Hall–Kier alpha value is -3.13. The van der Waals surface area contributed by atoms with E-state index in [9.17, 15) is 24.2 Å². The maximum absolute atomic E-state index is 13.7. The molecule has 29 heavy (non-hydrogen) atoms. The second-order valence-electron chi connectivity index (χ2n) is 7.09. The van der Waals surface area contributed by atoms with Crippen molar-refractivity contribution in [2.75, 3.05) is 20.2 Å². The number of hydrogen-bond donors (Lipinski definition) is 3. The second-order valence-corrected chi connectivity index (χ2v) is 7.09. The van der Waals surface area contributed by atoms with Gasteiger partial charge in [0.25, 0.3) is 5.91 Å². The highest BCUT2D eigenvalue weighted by Gasteiger charge is 2.48. The van der Waals surface area contributed by atoms with E-state index in [1.165, 1.54) is 12.0 Å². The number of hydrogen-bond acceptors (Lipinski definition) is 6. The van der Waals surface area contributed by atoms with Gasteiger partial charge in [0.1, 0.15) is 5.75 Å². The zero-order valence-electron chi connectivity index (χ0n) is 16.0. The Morgan fingerprint density at radius 3 is 2.34 bits per heavy atom. The molecular weight excluding hydrogens is 379 g/mol. The molecule has 1 atom stereocenters. The Bertz CT molecular complexity index is 913. The van der Waals surface area contributed by atoms with Gasteiger partial charge in [-0.2, -0.15) is 0 Å². The maximum atomic E-state index is 13.7. The van der Waals surface area contributed by atoms with Gasteiger partial charge >= 0.3 is 5.97 Å². The van der Waals surface area contributed by atoms with E-state index >= 15 is 0 Å². The molecule has 1 unspecified atom stereocenters. The monoisotopic (exact) mass is 402 g/mol. The highest BCUT2D eigenvalue weighted by atomic mass is 19.1. The van der Waals surface area contributed by atoms with Crippen LogP contribution in [0.3, 0.4) is 0 Å². The summed E-state index contributed by atoms with van der Waals surface area (Å²) < 4.78 is 18.5. The van der Waals surface area contributed by atoms with E-state index in [4.69, 9.17) is 10.5 Å². The Morgan fingerprint density at radius 2 is 1.76 bits per heavy atom. The van der Waals surface area contributed by atoms with Crippen LogP contribution in [0, 0.1) is 5.82 Å². The molecule has 1 fully saturated rings. The molecule has 2 aromatic rings. The second kappa shape index (κ2) is 8.08. The summed E-state index contributed by atoms with van der Waals surface area (Å²) in [5.41, 5.74) is 5.02. The van der Waals surface area contributed by atoms with Crippen molar-refractivity contribution in [2.45, 2.75) is 24.3 Å². The molecule has 2 aromatic carbocycles. The summed E-state index contributed by atoms with van der Waals surface area (Å²) in [6, 6.07) is 10.4. The first-order valence-corrected chi connectivity index (χ1v) is 9.22. The van der Waals surface area contributed by atoms with E-state index in [0.717, 1.165) is 12.1 Å². The van der Waals surface area contributed by atoms with Crippen molar-refractivity contribution in [2.24, 2.45) is 5.73 Å². The van der Waals surface area contributed by atoms with Crippen molar-refractivity contribution in [1.29, 1.82) is 0 Å². The van der Waals surface area contributed by atoms with Gasteiger partial charge in [-0.15, -0.1) is 0 Å². The summed E-state index contributed by atoms with van der Waals surface area (Å²) >= 11 is 0. The molecule has 0 saturated carbocycles. The lowest BCUT2D eigenvalue weighted by molar-refractivity contribution is -0.157. The Kier molecular flexibility index (Phi) is 5.74. The van der Waals surface area contributed by atoms with Crippen LogP contribution < -0.4 is 5.73 Å². The van der Waals surface area contributed by atoms with E-state index in [0.29, 0.717) is 24.0 Å². The number of amides is 1. The molecule has 0 aliphatic carbocycles. The molecule has 3 rings (SSSR count). The summed E-state index contributed by atoms with van der Waals surface area (Å²) in [6.45, 7) is 0.544. The Morgan fingerprint density at radius 1 is 1.14 bits per heavy atom. The summed E-state index contributed by atoms with van der Waals surface area (Å²) in [7, 11) is 1.18. The fourth-order valence-electron chi connectivity index (χ4n) is 3.73. The SMILES string of the molecule is COC(=O)C(N)(C(=O)N1CCC(c2cc(F)c(O)cc2O)CC1)c1ccccc1. The third kappa shape index (κ3) is 3.75. The molecule has 0 spiro atoms. The van der Waals surface area contributed by atoms with Crippen LogP contribution in [0.4, 0.5) is 4.39 Å². The third-order valence-corrected chi connectivity index (χ3v) is 5.39. The summed E-state index contributed by atoms with van der Waals surface area (Å²) in [4.78, 5) is 27.1. The predicted octanol–water partition coefficient (Wildman–Crippen LogP) is 1.97. The number of carbonyl (C=O) groups is 2. The number of ether oxygens (including phenoxy) is 1.